The van der Waals surface area contributed by atoms with Crippen molar-refractivity contribution in [3.05, 3.63) is 17.7 Å². The van der Waals surface area contributed by atoms with Crippen molar-refractivity contribution >= 4 is 17.7 Å². The molecule has 4 N–H and O–H groups in total. The van der Waals surface area contributed by atoms with Gasteiger partial charge in [0.05, 0.1) is 26.2 Å². The molecule has 3 unspecified atom stereocenters. The van der Waals surface area contributed by atoms with E-state index in [4.69, 9.17) is 20.0 Å². The number of rotatable bonds is 5. The van der Waals surface area contributed by atoms with Gasteiger partial charge in [-0.3, -0.25) is 24.5 Å². The van der Waals surface area contributed by atoms with Crippen LogP contribution in [0.3, 0.4) is 0 Å². The van der Waals surface area contributed by atoms with E-state index in [1.54, 1.807) is 0 Å². The maximum absolute atomic E-state index is 12.2. The summed E-state index contributed by atoms with van der Waals surface area (Å²) in [6.07, 6.45) is -1.05. The van der Waals surface area contributed by atoms with Gasteiger partial charge in [-0.2, -0.15) is 5.06 Å². The molecule has 0 radical (unpaired) electrons. The van der Waals surface area contributed by atoms with Crippen LogP contribution < -0.4 is 20.5 Å². The lowest BCUT2D eigenvalue weighted by Gasteiger charge is -2.25. The average Bonchev–Trinajstić information content (AvgIpc) is 3.05. The Labute approximate surface area is 142 Å². The first-order valence-electron chi connectivity index (χ1n) is 7.38. The maximum Gasteiger partial charge on any atom is 0.258 e. The van der Waals surface area contributed by atoms with Gasteiger partial charge in [0.1, 0.15) is 6.54 Å². The number of primary amides is 1. The van der Waals surface area contributed by atoms with Gasteiger partial charge in [-0.15, -0.1) is 0 Å². The van der Waals surface area contributed by atoms with E-state index in [1.807, 2.05) is 0 Å². The minimum absolute atomic E-state index is 0.113. The van der Waals surface area contributed by atoms with Crippen LogP contribution in [0.1, 0.15) is 11.6 Å². The van der Waals surface area contributed by atoms with Crippen molar-refractivity contribution in [1.29, 1.82) is 0 Å². The number of carbonyl (C=O) groups excluding carboxylic acids is 3. The van der Waals surface area contributed by atoms with Crippen molar-refractivity contribution in [2.75, 3.05) is 20.8 Å². The number of ether oxygens (including phenoxy) is 2. The molecule has 0 bridgehead atoms. The average molecular weight is 351 g/mol. The van der Waals surface area contributed by atoms with Crippen LogP contribution in [0.2, 0.25) is 0 Å². The zero-order valence-corrected chi connectivity index (χ0v) is 13.5. The molecule has 3 rings (SSSR count). The number of hydroxylamine groups is 2. The van der Waals surface area contributed by atoms with Crippen molar-refractivity contribution in [3.63, 3.8) is 0 Å². The van der Waals surface area contributed by atoms with E-state index >= 15 is 0 Å². The van der Waals surface area contributed by atoms with Gasteiger partial charge in [0.25, 0.3) is 5.91 Å². The van der Waals surface area contributed by atoms with Gasteiger partial charge in [0.2, 0.25) is 17.6 Å². The van der Waals surface area contributed by atoms with Gasteiger partial charge in [0, 0.05) is 0 Å². The van der Waals surface area contributed by atoms with Gasteiger partial charge < -0.3 is 20.3 Å². The molecule has 10 nitrogen and oxygen atoms in total. The van der Waals surface area contributed by atoms with Crippen molar-refractivity contribution in [2.24, 2.45) is 11.7 Å². The van der Waals surface area contributed by atoms with Crippen LogP contribution in [0.15, 0.2) is 12.1 Å². The lowest BCUT2D eigenvalue weighted by atomic mass is 9.90. The van der Waals surface area contributed by atoms with E-state index in [1.165, 1.54) is 31.4 Å². The van der Waals surface area contributed by atoms with Crippen LogP contribution in [0.5, 0.6) is 17.2 Å². The van der Waals surface area contributed by atoms with Crippen LogP contribution in [0.4, 0.5) is 0 Å². The van der Waals surface area contributed by atoms with Gasteiger partial charge in [0.15, 0.2) is 17.6 Å². The predicted octanol–water partition coefficient (Wildman–Crippen LogP) is -1.18. The second-order valence-electron chi connectivity index (χ2n) is 5.67. The summed E-state index contributed by atoms with van der Waals surface area (Å²) in [7, 11) is 2.72. The summed E-state index contributed by atoms with van der Waals surface area (Å²) >= 11 is 0. The molecule has 3 atom stereocenters. The Morgan fingerprint density at radius 1 is 1.28 bits per heavy atom. The Morgan fingerprint density at radius 3 is 2.40 bits per heavy atom. The fourth-order valence-corrected chi connectivity index (χ4v) is 3.14. The third-order valence-electron chi connectivity index (χ3n) is 4.19. The second kappa shape index (κ2) is 6.22. The number of hydrogen-bond donors (Lipinski definition) is 3. The molecule has 0 aliphatic carbocycles. The standard InChI is InChI=1S/C15H17N3O7/c1-23-7-3-6(4-8(24-2)12(7)20)11-10-13(15(22)17-14(10)21)25-18(11)5-9(16)19/h3-4,10-11,13,20H,5H2,1-2H3,(H2,16,19)(H,17,21,22). The largest absolute Gasteiger partial charge is 0.502 e. The molecule has 2 saturated heterocycles. The zero-order chi connectivity index (χ0) is 18.3. The fraction of sp³-hybridized carbons (Fsp3) is 0.400. The Hall–Kier alpha value is -2.85. The molecule has 1 aromatic rings. The fourth-order valence-electron chi connectivity index (χ4n) is 3.14. The topological polar surface area (TPSA) is 140 Å². The highest BCUT2D eigenvalue weighted by Gasteiger charge is 2.56. The van der Waals surface area contributed by atoms with Crippen LogP contribution in [-0.4, -0.2) is 54.8 Å². The Kier molecular flexibility index (Phi) is 4.23. The molecule has 0 saturated carbocycles. The Morgan fingerprint density at radius 2 is 1.88 bits per heavy atom. The number of phenols is 1. The zero-order valence-electron chi connectivity index (χ0n) is 13.5. The maximum atomic E-state index is 12.2. The van der Waals surface area contributed by atoms with E-state index in [0.717, 1.165) is 0 Å². The summed E-state index contributed by atoms with van der Waals surface area (Å²) in [5, 5.41) is 13.4. The van der Waals surface area contributed by atoms with Gasteiger partial charge in [-0.25, -0.2) is 0 Å². The molecule has 0 spiro atoms. The summed E-state index contributed by atoms with van der Waals surface area (Å²) in [6.45, 7) is -0.316. The van der Waals surface area contributed by atoms with Crippen molar-refractivity contribution in [3.8, 4) is 17.2 Å². The highest BCUT2D eigenvalue weighted by atomic mass is 16.7. The molecule has 134 valence electrons. The Balaban J connectivity index is 2.09. The first-order valence-corrected chi connectivity index (χ1v) is 7.38. The third kappa shape index (κ3) is 2.75. The summed E-state index contributed by atoms with van der Waals surface area (Å²) in [5.41, 5.74) is 5.70. The quantitative estimate of drug-likeness (QED) is 0.563. The number of phenolic OH excluding ortho intramolecular Hbond substituents is 1. The first-order chi connectivity index (χ1) is 11.9. The van der Waals surface area contributed by atoms with Crippen LogP contribution in [0.25, 0.3) is 0 Å². The normalized spacial score (nSPS) is 25.6. The predicted molar refractivity (Wildman–Crippen MR) is 81.4 cm³/mol. The second-order valence-corrected chi connectivity index (χ2v) is 5.67. The minimum atomic E-state index is -1.05. The third-order valence-corrected chi connectivity index (χ3v) is 4.19. The monoisotopic (exact) mass is 351 g/mol. The SMILES string of the molecule is COc1cc(C2C3C(=O)NC(=O)C3ON2CC(N)=O)cc(OC)c1O. The van der Waals surface area contributed by atoms with Crippen molar-refractivity contribution in [1.82, 2.24) is 10.4 Å². The molecule has 25 heavy (non-hydrogen) atoms. The number of benzene rings is 1. The number of nitrogens with one attached hydrogen (secondary N) is 1. The lowest BCUT2D eigenvalue weighted by molar-refractivity contribution is -0.176. The smallest absolute Gasteiger partial charge is 0.258 e. The molecule has 2 aliphatic rings. The Bertz CT molecular complexity index is 726. The van der Waals surface area contributed by atoms with Crippen LogP contribution in [0, 0.1) is 5.92 Å². The summed E-state index contributed by atoms with van der Waals surface area (Å²) in [6, 6.07) is 2.18. The minimum Gasteiger partial charge on any atom is -0.502 e. The number of nitrogens with two attached hydrogens (primary N) is 1. The van der Waals surface area contributed by atoms with E-state index in [2.05, 4.69) is 5.32 Å². The molecule has 2 fully saturated rings. The van der Waals surface area contributed by atoms with E-state index in [-0.39, 0.29) is 23.8 Å². The van der Waals surface area contributed by atoms with E-state index in [9.17, 15) is 19.5 Å². The molecule has 2 heterocycles. The van der Waals surface area contributed by atoms with Crippen molar-refractivity contribution in [2.45, 2.75) is 12.1 Å². The molecular weight excluding hydrogens is 334 g/mol. The number of hydrogen-bond acceptors (Lipinski definition) is 8. The van der Waals surface area contributed by atoms with Gasteiger partial charge >= 0.3 is 0 Å². The summed E-state index contributed by atoms with van der Waals surface area (Å²) < 4.78 is 10.2. The van der Waals surface area contributed by atoms with Crippen molar-refractivity contribution < 1.29 is 33.8 Å². The summed E-state index contributed by atoms with van der Waals surface area (Å²) in [4.78, 5) is 40.9. The highest BCUT2D eigenvalue weighted by Crippen LogP contribution is 2.46. The number of aromatic hydroxyl groups is 1. The number of nitrogens with zero attached hydrogens (tertiary/aromatic N) is 1. The molecule has 3 amide bonds. The number of amides is 3. The van der Waals surface area contributed by atoms with E-state index < -0.39 is 35.8 Å². The first kappa shape index (κ1) is 17.0. The molecule has 10 heteroatoms. The van der Waals surface area contributed by atoms with Gasteiger partial charge in [-0.05, 0) is 17.7 Å². The number of fused-ring (bicyclic) bond motifs is 1. The molecular formula is C15H17N3O7. The van der Waals surface area contributed by atoms with E-state index in [0.29, 0.717) is 5.56 Å². The van der Waals surface area contributed by atoms with Gasteiger partial charge in [-0.1, -0.05) is 0 Å². The molecule has 1 aromatic carbocycles. The summed E-state index contributed by atoms with van der Waals surface area (Å²) in [5.74, 6) is -2.63. The highest BCUT2D eigenvalue weighted by molar-refractivity contribution is 6.07. The number of carbonyl (C=O) groups is 3. The molecule has 2 aliphatic heterocycles. The van der Waals surface area contributed by atoms with Crippen LogP contribution in [-0.2, 0) is 19.2 Å². The lowest BCUT2D eigenvalue weighted by Crippen LogP contribution is -2.37. The molecule has 0 aromatic heterocycles. The van der Waals surface area contributed by atoms with Crippen LogP contribution >= 0.6 is 0 Å². The number of imide groups is 1. The number of methoxy groups -OCH3 is 2.